The van der Waals surface area contributed by atoms with Crippen LogP contribution in [0.3, 0.4) is 0 Å². The molecule has 0 amide bonds. The molecule has 25 heavy (non-hydrogen) atoms. The number of hydrogen-bond donors (Lipinski definition) is 3. The Bertz CT molecular complexity index is 824. The molecule has 0 aliphatic rings. The van der Waals surface area contributed by atoms with E-state index in [0.29, 0.717) is 6.54 Å². The summed E-state index contributed by atoms with van der Waals surface area (Å²) in [6.07, 6.45) is 4.02. The smallest absolute Gasteiger partial charge is 0.191 e. The summed E-state index contributed by atoms with van der Waals surface area (Å²) in [6, 6.07) is 8.38. The van der Waals surface area contributed by atoms with Gasteiger partial charge < -0.3 is 15.6 Å². The number of benzene rings is 1. The maximum absolute atomic E-state index is 4.56. The number of nitrogens with zero attached hydrogens (tertiary/aromatic N) is 2. The number of halogens is 1. The molecule has 0 bridgehead atoms. The molecule has 0 aliphatic carbocycles. The Morgan fingerprint density at radius 1 is 1.28 bits per heavy atom. The Kier molecular flexibility index (Phi) is 7.70. The normalized spacial score (nSPS) is 11.4. The maximum Gasteiger partial charge on any atom is 0.191 e. The third kappa shape index (κ3) is 5.18. The number of guanidine groups is 1. The van der Waals surface area contributed by atoms with Crippen molar-refractivity contribution < 1.29 is 0 Å². The van der Waals surface area contributed by atoms with Gasteiger partial charge in [-0.25, -0.2) is 4.98 Å². The average molecular weight is 469 g/mol. The molecule has 0 atom stereocenters. The minimum atomic E-state index is 0. The van der Waals surface area contributed by atoms with Crippen LogP contribution in [0.2, 0.25) is 0 Å². The van der Waals surface area contributed by atoms with Gasteiger partial charge in [-0.2, -0.15) is 0 Å². The van der Waals surface area contributed by atoms with E-state index in [4.69, 9.17) is 0 Å². The minimum Gasteiger partial charge on any atom is -0.361 e. The highest BCUT2D eigenvalue weighted by Crippen LogP contribution is 2.17. The second-order valence-electron chi connectivity index (χ2n) is 5.55. The third-order valence-corrected chi connectivity index (χ3v) is 4.97. The van der Waals surface area contributed by atoms with Crippen molar-refractivity contribution in [3.8, 4) is 0 Å². The van der Waals surface area contributed by atoms with Gasteiger partial charge in [0.15, 0.2) is 5.96 Å². The van der Waals surface area contributed by atoms with Gasteiger partial charge in [0.25, 0.3) is 0 Å². The second kappa shape index (κ2) is 9.76. The fraction of sp³-hybridized carbons (Fsp3) is 0.333. The number of aryl methyl sites for hydroxylation is 1. The first-order chi connectivity index (χ1) is 11.8. The lowest BCUT2D eigenvalue weighted by Crippen LogP contribution is -2.37. The number of H-pyrrole nitrogens is 1. The Morgan fingerprint density at radius 3 is 2.88 bits per heavy atom. The van der Waals surface area contributed by atoms with Gasteiger partial charge in [-0.3, -0.25) is 4.99 Å². The zero-order valence-electron chi connectivity index (χ0n) is 14.5. The van der Waals surface area contributed by atoms with Gasteiger partial charge >= 0.3 is 0 Å². The van der Waals surface area contributed by atoms with Crippen molar-refractivity contribution in [1.82, 2.24) is 20.6 Å². The molecule has 0 saturated carbocycles. The Labute approximate surface area is 169 Å². The van der Waals surface area contributed by atoms with Crippen LogP contribution in [0.5, 0.6) is 0 Å². The lowest BCUT2D eigenvalue weighted by atomic mass is 10.1. The van der Waals surface area contributed by atoms with E-state index in [-0.39, 0.29) is 24.0 Å². The molecule has 7 heteroatoms. The Morgan fingerprint density at radius 2 is 2.12 bits per heavy atom. The minimum absolute atomic E-state index is 0. The number of aromatic nitrogens is 2. The largest absolute Gasteiger partial charge is 0.361 e. The molecule has 5 nitrogen and oxygen atoms in total. The monoisotopic (exact) mass is 469 g/mol. The van der Waals surface area contributed by atoms with E-state index in [0.717, 1.165) is 31.0 Å². The first-order valence-corrected chi connectivity index (χ1v) is 9.11. The van der Waals surface area contributed by atoms with Crippen molar-refractivity contribution in [2.75, 3.05) is 13.6 Å². The van der Waals surface area contributed by atoms with E-state index in [1.165, 1.54) is 21.5 Å². The van der Waals surface area contributed by atoms with Crippen LogP contribution in [0.25, 0.3) is 10.9 Å². The molecular formula is C18H24IN5S. The van der Waals surface area contributed by atoms with Crippen LogP contribution in [0.15, 0.2) is 40.8 Å². The zero-order chi connectivity index (χ0) is 16.8. The van der Waals surface area contributed by atoms with Crippen LogP contribution >= 0.6 is 35.3 Å². The van der Waals surface area contributed by atoms with Crippen molar-refractivity contribution in [3.63, 3.8) is 0 Å². The first kappa shape index (κ1) is 19.7. The quantitative estimate of drug-likeness (QED) is 0.293. The number of aliphatic imine (C=N–C) groups is 1. The molecule has 134 valence electrons. The van der Waals surface area contributed by atoms with Crippen LogP contribution in [-0.2, 0) is 19.4 Å². The molecule has 2 aromatic heterocycles. The van der Waals surface area contributed by atoms with Crippen molar-refractivity contribution in [2.45, 2.75) is 26.3 Å². The Hall–Kier alpha value is -1.61. The predicted molar refractivity (Wildman–Crippen MR) is 117 cm³/mol. The molecule has 0 spiro atoms. The number of thiazole rings is 1. The van der Waals surface area contributed by atoms with Crippen LogP contribution in [0.4, 0.5) is 0 Å². The predicted octanol–water partition coefficient (Wildman–Crippen LogP) is 3.71. The molecule has 0 saturated heterocycles. The fourth-order valence-corrected chi connectivity index (χ4v) is 3.39. The average Bonchev–Trinajstić information content (AvgIpc) is 3.25. The summed E-state index contributed by atoms with van der Waals surface area (Å²) in [5.74, 6) is 0.806. The maximum atomic E-state index is 4.56. The van der Waals surface area contributed by atoms with Crippen LogP contribution in [-0.4, -0.2) is 29.5 Å². The lowest BCUT2D eigenvalue weighted by Gasteiger charge is -2.10. The summed E-state index contributed by atoms with van der Waals surface area (Å²) in [5, 5.41) is 11.2. The fourth-order valence-electron chi connectivity index (χ4n) is 2.64. The SMILES string of the molecule is CCc1nc(CNC(=NC)NCCc2c[nH]c3ccccc23)cs1.I. The first-order valence-electron chi connectivity index (χ1n) is 8.23. The third-order valence-electron chi connectivity index (χ3n) is 3.92. The molecule has 2 heterocycles. The second-order valence-corrected chi connectivity index (χ2v) is 6.49. The molecule has 1 aromatic carbocycles. The number of fused-ring (bicyclic) bond motifs is 1. The molecule has 0 radical (unpaired) electrons. The van der Waals surface area contributed by atoms with Gasteiger partial charge in [0.1, 0.15) is 0 Å². The van der Waals surface area contributed by atoms with Gasteiger partial charge in [0, 0.05) is 36.1 Å². The lowest BCUT2D eigenvalue weighted by molar-refractivity contribution is 0.785. The van der Waals surface area contributed by atoms with E-state index < -0.39 is 0 Å². The molecule has 0 fully saturated rings. The Balaban J connectivity index is 0.00000225. The van der Waals surface area contributed by atoms with E-state index in [1.807, 2.05) is 0 Å². The van der Waals surface area contributed by atoms with E-state index in [9.17, 15) is 0 Å². The topological polar surface area (TPSA) is 65.1 Å². The number of para-hydroxylation sites is 1. The van der Waals surface area contributed by atoms with Gasteiger partial charge in [0.05, 0.1) is 17.2 Å². The number of rotatable bonds is 6. The molecule has 0 unspecified atom stereocenters. The highest BCUT2D eigenvalue weighted by Gasteiger charge is 2.05. The van der Waals surface area contributed by atoms with Crippen molar-refractivity contribution in [3.05, 3.63) is 52.1 Å². The van der Waals surface area contributed by atoms with Crippen molar-refractivity contribution in [2.24, 2.45) is 4.99 Å². The molecule has 3 N–H and O–H groups in total. The van der Waals surface area contributed by atoms with Crippen molar-refractivity contribution >= 4 is 52.2 Å². The highest BCUT2D eigenvalue weighted by molar-refractivity contribution is 14.0. The zero-order valence-corrected chi connectivity index (χ0v) is 17.7. The number of nitrogens with one attached hydrogen (secondary N) is 3. The summed E-state index contributed by atoms with van der Waals surface area (Å²) in [4.78, 5) is 12.1. The summed E-state index contributed by atoms with van der Waals surface area (Å²) in [6.45, 7) is 3.66. The van der Waals surface area contributed by atoms with E-state index >= 15 is 0 Å². The number of hydrogen-bond acceptors (Lipinski definition) is 3. The van der Waals surface area contributed by atoms with Gasteiger partial charge in [-0.15, -0.1) is 35.3 Å². The summed E-state index contributed by atoms with van der Waals surface area (Å²) in [5.41, 5.74) is 3.57. The molecule has 0 aliphatic heterocycles. The van der Waals surface area contributed by atoms with Crippen molar-refractivity contribution in [1.29, 1.82) is 0 Å². The summed E-state index contributed by atoms with van der Waals surface area (Å²) >= 11 is 1.71. The van der Waals surface area contributed by atoms with Gasteiger partial charge in [0.2, 0.25) is 0 Å². The van der Waals surface area contributed by atoms with E-state index in [2.05, 4.69) is 68.4 Å². The molecule has 3 rings (SSSR count). The molecule has 3 aromatic rings. The summed E-state index contributed by atoms with van der Waals surface area (Å²) in [7, 11) is 1.79. The van der Waals surface area contributed by atoms with Crippen LogP contribution in [0, 0.1) is 0 Å². The summed E-state index contributed by atoms with van der Waals surface area (Å²) < 4.78 is 0. The van der Waals surface area contributed by atoms with E-state index in [1.54, 1.807) is 18.4 Å². The number of aromatic amines is 1. The standard InChI is InChI=1S/C18H23N5S.HI/c1-3-17-23-14(12-24-17)11-22-18(19-2)20-9-8-13-10-21-16-7-5-4-6-15(13)16;/h4-7,10,12,21H,3,8-9,11H2,1-2H3,(H2,19,20,22);1H. The van der Waals surface area contributed by atoms with Gasteiger partial charge in [-0.05, 0) is 24.5 Å². The molecular weight excluding hydrogens is 445 g/mol. The highest BCUT2D eigenvalue weighted by atomic mass is 127. The van der Waals surface area contributed by atoms with Crippen LogP contribution in [0.1, 0.15) is 23.2 Å². The van der Waals surface area contributed by atoms with Gasteiger partial charge in [-0.1, -0.05) is 25.1 Å². The van der Waals surface area contributed by atoms with Crippen LogP contribution < -0.4 is 10.6 Å².